The smallest absolute Gasteiger partial charge is 0.140 e. The van der Waals surface area contributed by atoms with Crippen molar-refractivity contribution in [1.29, 1.82) is 0 Å². The molecular weight excluding hydrogens is 268 g/mol. The van der Waals surface area contributed by atoms with Gasteiger partial charge in [0.05, 0.1) is 12.1 Å². The minimum Gasteiger partial charge on any atom is -0.327 e. The zero-order chi connectivity index (χ0) is 13.8. The molecule has 0 fully saturated rings. The van der Waals surface area contributed by atoms with Crippen LogP contribution in [-0.4, -0.2) is 21.1 Å². The van der Waals surface area contributed by atoms with Crippen LogP contribution in [-0.2, 0) is 13.1 Å². The summed E-state index contributed by atoms with van der Waals surface area (Å²) in [6, 6.07) is 4.15. The van der Waals surface area contributed by atoms with Crippen molar-refractivity contribution >= 4 is 22.4 Å². The van der Waals surface area contributed by atoms with E-state index < -0.39 is 0 Å². The van der Waals surface area contributed by atoms with Crippen molar-refractivity contribution in [3.8, 4) is 0 Å². The first-order valence-electron chi connectivity index (χ1n) is 6.89. The van der Waals surface area contributed by atoms with E-state index in [1.807, 2.05) is 24.0 Å². The molecule has 104 valence electrons. The highest BCUT2D eigenvalue weighted by atomic mass is 32.1. The molecule has 0 spiro atoms. The molecule has 0 unspecified atom stereocenters. The van der Waals surface area contributed by atoms with Crippen LogP contribution in [0.25, 0.3) is 11.0 Å². The van der Waals surface area contributed by atoms with Gasteiger partial charge in [-0.1, -0.05) is 6.92 Å². The van der Waals surface area contributed by atoms with Gasteiger partial charge in [-0.2, -0.15) is 0 Å². The number of nitrogens with one attached hydrogen (secondary N) is 1. The van der Waals surface area contributed by atoms with E-state index in [0.717, 1.165) is 31.7 Å². The lowest BCUT2D eigenvalue weighted by molar-refractivity contribution is 0.675. The second-order valence-corrected chi connectivity index (χ2v) is 5.77. The Morgan fingerprint density at radius 3 is 3.15 bits per heavy atom. The topological polar surface area (TPSA) is 42.7 Å². The van der Waals surface area contributed by atoms with Crippen molar-refractivity contribution in [3.05, 3.63) is 46.7 Å². The summed E-state index contributed by atoms with van der Waals surface area (Å²) in [4.78, 5) is 9.92. The predicted octanol–water partition coefficient (Wildman–Crippen LogP) is 3.04. The predicted molar refractivity (Wildman–Crippen MR) is 82.9 cm³/mol. The average Bonchev–Trinajstić information content (AvgIpc) is 3.09. The van der Waals surface area contributed by atoms with Crippen LogP contribution in [0.1, 0.15) is 23.8 Å². The Hall–Kier alpha value is -1.72. The molecule has 0 radical (unpaired) electrons. The molecule has 3 heterocycles. The second-order valence-electron chi connectivity index (χ2n) is 4.80. The van der Waals surface area contributed by atoms with E-state index in [1.165, 1.54) is 15.8 Å². The van der Waals surface area contributed by atoms with Crippen molar-refractivity contribution in [2.45, 2.75) is 26.4 Å². The maximum atomic E-state index is 4.53. The SMILES string of the molecule is CCCNCc1cn(Cc2cncs2)c2ncccc12. The van der Waals surface area contributed by atoms with Crippen LogP contribution in [0.4, 0.5) is 0 Å². The van der Waals surface area contributed by atoms with Gasteiger partial charge >= 0.3 is 0 Å². The third-order valence-electron chi connectivity index (χ3n) is 3.27. The van der Waals surface area contributed by atoms with Gasteiger partial charge in [-0.05, 0) is 30.7 Å². The minimum absolute atomic E-state index is 0.839. The van der Waals surface area contributed by atoms with Crippen molar-refractivity contribution in [2.75, 3.05) is 6.54 Å². The van der Waals surface area contributed by atoms with E-state index >= 15 is 0 Å². The maximum absolute atomic E-state index is 4.53. The summed E-state index contributed by atoms with van der Waals surface area (Å²) in [6.07, 6.45) is 7.14. The van der Waals surface area contributed by atoms with Crippen LogP contribution in [0.15, 0.2) is 36.2 Å². The summed E-state index contributed by atoms with van der Waals surface area (Å²) in [5, 5.41) is 4.70. The number of rotatable bonds is 6. The third-order valence-corrected chi connectivity index (χ3v) is 4.03. The van der Waals surface area contributed by atoms with E-state index in [1.54, 1.807) is 11.3 Å². The Morgan fingerprint density at radius 1 is 1.40 bits per heavy atom. The number of pyridine rings is 1. The molecule has 4 nitrogen and oxygen atoms in total. The lowest BCUT2D eigenvalue weighted by atomic mass is 10.2. The lowest BCUT2D eigenvalue weighted by Gasteiger charge is -2.01. The number of aromatic nitrogens is 3. The quantitative estimate of drug-likeness (QED) is 0.708. The molecule has 0 bridgehead atoms. The third kappa shape index (κ3) is 2.73. The maximum Gasteiger partial charge on any atom is 0.140 e. The molecule has 1 N–H and O–H groups in total. The summed E-state index contributed by atoms with van der Waals surface area (Å²) in [5.41, 5.74) is 4.23. The molecule has 0 saturated heterocycles. The van der Waals surface area contributed by atoms with Gasteiger partial charge in [0.1, 0.15) is 5.65 Å². The molecule has 20 heavy (non-hydrogen) atoms. The molecule has 5 heteroatoms. The first-order chi connectivity index (χ1) is 9.88. The van der Waals surface area contributed by atoms with Gasteiger partial charge in [-0.3, -0.25) is 4.98 Å². The number of hydrogen-bond donors (Lipinski definition) is 1. The average molecular weight is 286 g/mol. The molecule has 0 atom stereocenters. The standard InChI is InChI=1S/C15H18N4S/c1-2-5-16-7-12-9-19(10-13-8-17-11-20-13)15-14(12)4-3-6-18-15/h3-4,6,8-9,11,16H,2,5,7,10H2,1H3. The summed E-state index contributed by atoms with van der Waals surface area (Å²) in [7, 11) is 0. The van der Waals surface area contributed by atoms with Crippen LogP contribution < -0.4 is 5.32 Å². The van der Waals surface area contributed by atoms with E-state index in [9.17, 15) is 0 Å². The molecule has 0 aliphatic rings. The van der Waals surface area contributed by atoms with Crippen molar-refractivity contribution in [1.82, 2.24) is 19.9 Å². The van der Waals surface area contributed by atoms with Crippen LogP contribution in [0.3, 0.4) is 0 Å². The fraction of sp³-hybridized carbons (Fsp3) is 0.333. The summed E-state index contributed by atoms with van der Waals surface area (Å²) in [5.74, 6) is 0. The molecule has 0 aliphatic carbocycles. The highest BCUT2D eigenvalue weighted by molar-refractivity contribution is 7.09. The minimum atomic E-state index is 0.839. The van der Waals surface area contributed by atoms with Gasteiger partial charge in [0.25, 0.3) is 0 Å². The molecular formula is C15H18N4S. The molecule has 0 aliphatic heterocycles. The fourth-order valence-corrected chi connectivity index (χ4v) is 2.94. The van der Waals surface area contributed by atoms with Crippen LogP contribution in [0.5, 0.6) is 0 Å². The van der Waals surface area contributed by atoms with Gasteiger partial charge in [-0.15, -0.1) is 11.3 Å². The molecule has 3 aromatic rings. The Bertz CT molecular complexity index is 672. The zero-order valence-electron chi connectivity index (χ0n) is 11.5. The first-order valence-corrected chi connectivity index (χ1v) is 7.77. The Labute approximate surface area is 122 Å². The van der Waals surface area contributed by atoms with Crippen LogP contribution >= 0.6 is 11.3 Å². The number of fused-ring (bicyclic) bond motifs is 1. The molecule has 0 aromatic carbocycles. The highest BCUT2D eigenvalue weighted by Gasteiger charge is 2.09. The Balaban J connectivity index is 1.91. The van der Waals surface area contributed by atoms with Gasteiger partial charge in [-0.25, -0.2) is 4.98 Å². The molecule has 3 rings (SSSR count). The van der Waals surface area contributed by atoms with Gasteiger partial charge in [0.2, 0.25) is 0 Å². The lowest BCUT2D eigenvalue weighted by Crippen LogP contribution is -2.13. The summed E-state index contributed by atoms with van der Waals surface area (Å²) in [6.45, 7) is 4.96. The van der Waals surface area contributed by atoms with E-state index in [4.69, 9.17) is 0 Å². The van der Waals surface area contributed by atoms with Gasteiger partial charge < -0.3 is 9.88 Å². The molecule has 0 amide bonds. The summed E-state index contributed by atoms with van der Waals surface area (Å²) >= 11 is 1.68. The summed E-state index contributed by atoms with van der Waals surface area (Å²) < 4.78 is 2.21. The molecule has 3 aromatic heterocycles. The monoisotopic (exact) mass is 286 g/mol. The second kappa shape index (κ2) is 6.15. The highest BCUT2D eigenvalue weighted by Crippen LogP contribution is 2.21. The Kier molecular flexibility index (Phi) is 4.08. The van der Waals surface area contributed by atoms with Crippen molar-refractivity contribution in [3.63, 3.8) is 0 Å². The largest absolute Gasteiger partial charge is 0.327 e. The van der Waals surface area contributed by atoms with E-state index in [0.29, 0.717) is 0 Å². The number of nitrogens with zero attached hydrogens (tertiary/aromatic N) is 3. The fourth-order valence-electron chi connectivity index (χ4n) is 2.34. The Morgan fingerprint density at radius 2 is 2.35 bits per heavy atom. The van der Waals surface area contributed by atoms with Crippen LogP contribution in [0, 0.1) is 0 Å². The van der Waals surface area contributed by atoms with E-state index in [2.05, 4.69) is 39.0 Å². The molecule has 0 saturated carbocycles. The van der Waals surface area contributed by atoms with Crippen molar-refractivity contribution in [2.24, 2.45) is 0 Å². The normalized spacial score (nSPS) is 11.2. The zero-order valence-corrected chi connectivity index (χ0v) is 12.4. The van der Waals surface area contributed by atoms with Crippen LogP contribution in [0.2, 0.25) is 0 Å². The first kappa shape index (κ1) is 13.3. The van der Waals surface area contributed by atoms with E-state index in [-0.39, 0.29) is 0 Å². The number of thiazole rings is 1. The van der Waals surface area contributed by atoms with Crippen molar-refractivity contribution < 1.29 is 0 Å². The van der Waals surface area contributed by atoms with Gasteiger partial charge in [0, 0.05) is 35.4 Å². The van der Waals surface area contributed by atoms with Gasteiger partial charge in [0.15, 0.2) is 0 Å². The number of hydrogen-bond acceptors (Lipinski definition) is 4.